The summed E-state index contributed by atoms with van der Waals surface area (Å²) in [5, 5.41) is 18.7. The van der Waals surface area contributed by atoms with Crippen molar-refractivity contribution < 1.29 is 24.5 Å². The second kappa shape index (κ2) is 3.87. The van der Waals surface area contributed by atoms with Crippen LogP contribution < -0.4 is 4.74 Å². The highest BCUT2D eigenvalue weighted by atomic mass is 16.5. The molecule has 0 bridgehead atoms. The Kier molecular flexibility index (Phi) is 2.81. The molecule has 0 amide bonds. The van der Waals surface area contributed by atoms with E-state index in [1.807, 2.05) is 0 Å². The molecule has 0 aromatic heterocycles. The second-order valence-corrected chi connectivity index (χ2v) is 2.54. The minimum Gasteiger partial charge on any atom is -0.508 e. The van der Waals surface area contributed by atoms with Gasteiger partial charge in [0.25, 0.3) is 0 Å². The zero-order chi connectivity index (χ0) is 10.7. The Balaban J connectivity index is 3.29. The molecule has 14 heavy (non-hydrogen) atoms. The van der Waals surface area contributed by atoms with E-state index in [9.17, 15) is 15.0 Å². The third-order valence-corrected chi connectivity index (χ3v) is 1.68. The maximum absolute atomic E-state index is 11.1. The van der Waals surface area contributed by atoms with Crippen molar-refractivity contribution in [3.8, 4) is 17.2 Å². The van der Waals surface area contributed by atoms with E-state index >= 15 is 0 Å². The van der Waals surface area contributed by atoms with Crippen molar-refractivity contribution in [2.45, 2.75) is 0 Å². The van der Waals surface area contributed by atoms with Gasteiger partial charge in [-0.3, -0.25) is 0 Å². The van der Waals surface area contributed by atoms with Crippen LogP contribution in [0.5, 0.6) is 17.2 Å². The Labute approximate surface area is 80.5 Å². The lowest BCUT2D eigenvalue weighted by Crippen LogP contribution is -2.02. The topological polar surface area (TPSA) is 76.0 Å². The standard InChI is InChI=1S/C9H10O5/c1-13-7-4-5(10)3-6(8(7)11)9(12)14-2/h3-4,10-11H,1-2H3. The van der Waals surface area contributed by atoms with E-state index in [1.165, 1.54) is 20.3 Å². The summed E-state index contributed by atoms with van der Waals surface area (Å²) >= 11 is 0. The summed E-state index contributed by atoms with van der Waals surface area (Å²) in [6, 6.07) is 2.30. The predicted molar refractivity (Wildman–Crippen MR) is 47.7 cm³/mol. The van der Waals surface area contributed by atoms with Gasteiger partial charge in [0.05, 0.1) is 14.2 Å². The average molecular weight is 198 g/mol. The number of esters is 1. The third-order valence-electron chi connectivity index (χ3n) is 1.68. The smallest absolute Gasteiger partial charge is 0.341 e. The van der Waals surface area contributed by atoms with Crippen LogP contribution >= 0.6 is 0 Å². The number of phenols is 2. The van der Waals surface area contributed by atoms with E-state index in [2.05, 4.69) is 4.74 Å². The monoisotopic (exact) mass is 198 g/mol. The zero-order valence-electron chi connectivity index (χ0n) is 7.77. The minimum atomic E-state index is -0.739. The molecule has 0 aliphatic carbocycles. The first-order valence-corrected chi connectivity index (χ1v) is 3.78. The molecule has 0 radical (unpaired) electrons. The molecule has 0 saturated carbocycles. The molecule has 2 N–H and O–H groups in total. The second-order valence-electron chi connectivity index (χ2n) is 2.54. The van der Waals surface area contributed by atoms with Gasteiger partial charge >= 0.3 is 5.97 Å². The van der Waals surface area contributed by atoms with Crippen molar-refractivity contribution in [1.29, 1.82) is 0 Å². The van der Waals surface area contributed by atoms with Crippen LogP contribution in [0.4, 0.5) is 0 Å². The van der Waals surface area contributed by atoms with Crippen molar-refractivity contribution in [2.24, 2.45) is 0 Å². The molecule has 0 aliphatic heterocycles. The van der Waals surface area contributed by atoms with Crippen molar-refractivity contribution in [1.82, 2.24) is 0 Å². The molecule has 76 valence electrons. The van der Waals surface area contributed by atoms with Gasteiger partial charge in [0.1, 0.15) is 11.3 Å². The van der Waals surface area contributed by atoms with Gasteiger partial charge in [-0.15, -0.1) is 0 Å². The molecule has 0 saturated heterocycles. The summed E-state index contributed by atoms with van der Waals surface area (Å²) in [4.78, 5) is 11.1. The Morgan fingerprint density at radius 2 is 1.93 bits per heavy atom. The van der Waals surface area contributed by atoms with Crippen LogP contribution in [-0.2, 0) is 4.74 Å². The number of carbonyl (C=O) groups is 1. The van der Waals surface area contributed by atoms with E-state index in [1.54, 1.807) is 0 Å². The molecule has 5 heteroatoms. The maximum Gasteiger partial charge on any atom is 0.341 e. The van der Waals surface area contributed by atoms with Crippen LogP contribution in [0.3, 0.4) is 0 Å². The van der Waals surface area contributed by atoms with Crippen LogP contribution in [0.15, 0.2) is 12.1 Å². The molecule has 0 unspecified atom stereocenters. The number of methoxy groups -OCH3 is 2. The van der Waals surface area contributed by atoms with Crippen LogP contribution in [-0.4, -0.2) is 30.4 Å². The Morgan fingerprint density at radius 1 is 1.29 bits per heavy atom. The lowest BCUT2D eigenvalue weighted by Gasteiger charge is -2.07. The van der Waals surface area contributed by atoms with Gasteiger partial charge in [0.15, 0.2) is 11.5 Å². The zero-order valence-corrected chi connectivity index (χ0v) is 7.77. The Morgan fingerprint density at radius 3 is 2.43 bits per heavy atom. The number of aromatic hydroxyl groups is 2. The number of benzene rings is 1. The van der Waals surface area contributed by atoms with Crippen molar-refractivity contribution in [3.63, 3.8) is 0 Å². The van der Waals surface area contributed by atoms with Gasteiger partial charge in [-0.2, -0.15) is 0 Å². The summed E-state index contributed by atoms with van der Waals surface area (Å²) in [7, 11) is 2.49. The van der Waals surface area contributed by atoms with Crippen LogP contribution in [0.25, 0.3) is 0 Å². The fraction of sp³-hybridized carbons (Fsp3) is 0.222. The van der Waals surface area contributed by atoms with E-state index in [0.717, 1.165) is 6.07 Å². The molecule has 0 heterocycles. The lowest BCUT2D eigenvalue weighted by molar-refractivity contribution is 0.0596. The molecule has 0 spiro atoms. The van der Waals surface area contributed by atoms with Crippen molar-refractivity contribution in [2.75, 3.05) is 14.2 Å². The van der Waals surface area contributed by atoms with Crippen molar-refractivity contribution in [3.05, 3.63) is 17.7 Å². The first-order valence-electron chi connectivity index (χ1n) is 3.78. The van der Waals surface area contributed by atoms with E-state index < -0.39 is 5.97 Å². The molecule has 0 aliphatic rings. The normalized spacial score (nSPS) is 9.57. The summed E-state index contributed by atoms with van der Waals surface area (Å²) in [5.41, 5.74) is -0.135. The van der Waals surface area contributed by atoms with Crippen LogP contribution in [0, 0.1) is 0 Å². The molecule has 0 atom stereocenters. The average Bonchev–Trinajstić information content (AvgIpc) is 2.19. The van der Waals surface area contributed by atoms with Crippen LogP contribution in [0.2, 0.25) is 0 Å². The fourth-order valence-electron chi connectivity index (χ4n) is 1.01. The first-order chi connectivity index (χ1) is 6.60. The Hall–Kier alpha value is -1.91. The number of ether oxygens (including phenoxy) is 2. The fourth-order valence-corrected chi connectivity index (χ4v) is 1.01. The van der Waals surface area contributed by atoms with Gasteiger partial charge in [0, 0.05) is 6.07 Å². The number of carbonyl (C=O) groups excluding carboxylic acids is 1. The van der Waals surface area contributed by atoms with E-state index in [0.29, 0.717) is 0 Å². The third kappa shape index (κ3) is 1.71. The number of hydrogen-bond acceptors (Lipinski definition) is 5. The molecule has 5 nitrogen and oxygen atoms in total. The first kappa shape index (κ1) is 10.2. The SMILES string of the molecule is COC(=O)c1cc(O)cc(OC)c1O. The number of phenolic OH excluding ortho intramolecular Hbond substituents is 2. The minimum absolute atomic E-state index is 0.0189. The van der Waals surface area contributed by atoms with E-state index in [4.69, 9.17) is 4.74 Å². The highest BCUT2D eigenvalue weighted by molar-refractivity contribution is 5.93. The predicted octanol–water partition coefficient (Wildman–Crippen LogP) is 0.893. The van der Waals surface area contributed by atoms with Gasteiger partial charge in [-0.05, 0) is 6.07 Å². The van der Waals surface area contributed by atoms with Gasteiger partial charge in [-0.1, -0.05) is 0 Å². The maximum atomic E-state index is 11.1. The molecular weight excluding hydrogens is 188 g/mol. The largest absolute Gasteiger partial charge is 0.508 e. The van der Waals surface area contributed by atoms with E-state index in [-0.39, 0.29) is 22.8 Å². The highest BCUT2D eigenvalue weighted by Gasteiger charge is 2.17. The van der Waals surface area contributed by atoms with Crippen molar-refractivity contribution >= 4 is 5.97 Å². The number of rotatable bonds is 2. The molecule has 0 fully saturated rings. The molecule has 1 aromatic carbocycles. The highest BCUT2D eigenvalue weighted by Crippen LogP contribution is 2.34. The molecule has 1 rings (SSSR count). The lowest BCUT2D eigenvalue weighted by atomic mass is 10.1. The van der Waals surface area contributed by atoms with Crippen LogP contribution in [0.1, 0.15) is 10.4 Å². The summed E-state index contributed by atoms with van der Waals surface area (Å²) < 4.78 is 9.15. The van der Waals surface area contributed by atoms with Gasteiger partial charge in [-0.25, -0.2) is 4.79 Å². The van der Waals surface area contributed by atoms with Gasteiger partial charge in [0.2, 0.25) is 0 Å². The number of hydrogen-bond donors (Lipinski definition) is 2. The summed E-state index contributed by atoms with van der Waals surface area (Å²) in [6.07, 6.45) is 0. The quantitative estimate of drug-likeness (QED) is 0.545. The summed E-state index contributed by atoms with van der Waals surface area (Å²) in [5.74, 6) is -1.25. The molecule has 1 aromatic rings. The van der Waals surface area contributed by atoms with Gasteiger partial charge < -0.3 is 19.7 Å². The summed E-state index contributed by atoms with van der Waals surface area (Å²) in [6.45, 7) is 0. The molecular formula is C9H10O5. The Bertz CT molecular complexity index is 358.